The first-order valence-corrected chi connectivity index (χ1v) is 10.8. The molecule has 3 amide bonds. The quantitative estimate of drug-likeness (QED) is 0.460. The fourth-order valence-electron chi connectivity index (χ4n) is 3.63. The molecule has 11 heteroatoms. The van der Waals surface area contributed by atoms with Gasteiger partial charge in [0.1, 0.15) is 5.82 Å². The highest BCUT2D eigenvalue weighted by Gasteiger charge is 2.30. The van der Waals surface area contributed by atoms with Crippen LogP contribution in [0, 0.1) is 12.7 Å². The van der Waals surface area contributed by atoms with Crippen molar-refractivity contribution < 1.29 is 23.6 Å². The molecule has 166 valence electrons. The number of benzene rings is 1. The van der Waals surface area contributed by atoms with E-state index in [9.17, 15) is 23.6 Å². The third-order valence-electron chi connectivity index (χ3n) is 5.32. The molecule has 4 rings (SSSR count). The first-order valence-electron chi connectivity index (χ1n) is 9.88. The molecule has 1 fully saturated rings. The van der Waals surface area contributed by atoms with E-state index in [-0.39, 0.29) is 41.0 Å². The number of H-pyrrole nitrogens is 1. The molecule has 3 heterocycles. The van der Waals surface area contributed by atoms with Gasteiger partial charge < -0.3 is 14.8 Å². The zero-order valence-corrected chi connectivity index (χ0v) is 18.2. The van der Waals surface area contributed by atoms with E-state index in [0.29, 0.717) is 18.2 Å². The van der Waals surface area contributed by atoms with Crippen LogP contribution in [-0.2, 0) is 9.59 Å². The molecule has 0 atom stereocenters. The number of aryl methyl sites for hydroxylation is 1. The Morgan fingerprint density at radius 1 is 1.09 bits per heavy atom. The van der Waals surface area contributed by atoms with Crippen LogP contribution in [0.5, 0.6) is 0 Å². The molecule has 1 aliphatic rings. The molecule has 0 unspecified atom stereocenters. The van der Waals surface area contributed by atoms with Gasteiger partial charge >= 0.3 is 0 Å². The third kappa shape index (κ3) is 3.98. The van der Waals surface area contributed by atoms with Gasteiger partial charge in [0.05, 0.1) is 22.3 Å². The molecule has 9 nitrogen and oxygen atoms in total. The van der Waals surface area contributed by atoms with E-state index in [2.05, 4.69) is 15.3 Å². The lowest BCUT2D eigenvalue weighted by Crippen LogP contribution is -2.51. The van der Waals surface area contributed by atoms with Crippen LogP contribution >= 0.6 is 11.3 Å². The number of halogens is 1. The summed E-state index contributed by atoms with van der Waals surface area (Å²) in [6.45, 7) is 4.34. The minimum atomic E-state index is -0.875. The average molecular weight is 457 g/mol. The van der Waals surface area contributed by atoms with Crippen molar-refractivity contribution in [2.75, 3.05) is 31.5 Å². The zero-order valence-electron chi connectivity index (χ0n) is 17.4. The first-order chi connectivity index (χ1) is 15.3. The number of rotatable bonds is 4. The van der Waals surface area contributed by atoms with Crippen LogP contribution in [0.15, 0.2) is 23.7 Å². The minimum Gasteiger partial charge on any atom is -0.360 e. The predicted octanol–water partition coefficient (Wildman–Crippen LogP) is 2.20. The van der Waals surface area contributed by atoms with Crippen LogP contribution < -0.4 is 5.32 Å². The van der Waals surface area contributed by atoms with Crippen LogP contribution in [0.4, 0.5) is 9.52 Å². The normalized spacial score (nSPS) is 14.0. The Labute approximate surface area is 186 Å². The van der Waals surface area contributed by atoms with Crippen LogP contribution in [0.2, 0.25) is 0 Å². The maximum absolute atomic E-state index is 14.7. The third-order valence-corrected chi connectivity index (χ3v) is 6.20. The molecular formula is C21H20FN5O4S. The highest BCUT2D eigenvalue weighted by molar-refractivity contribution is 7.13. The van der Waals surface area contributed by atoms with Crippen molar-refractivity contribution in [1.29, 1.82) is 0 Å². The standard InChI is InChI=1S/C21H20FN5O4S/c1-11-10-32-21(24-11)25-19(30)13-3-4-15(22)16-14(9-23-17(13)16)18(29)20(31)27-7-5-26(6-8-27)12(2)28/h3-4,9-10,23H,5-8H2,1-2H3,(H,24,25,30). The van der Waals surface area contributed by atoms with Crippen LogP contribution in [0.3, 0.4) is 0 Å². The van der Waals surface area contributed by atoms with Crippen LogP contribution in [-0.4, -0.2) is 69.5 Å². The number of amides is 3. The molecule has 0 aliphatic carbocycles. The monoisotopic (exact) mass is 457 g/mol. The summed E-state index contributed by atoms with van der Waals surface area (Å²) in [5.74, 6) is -2.99. The Morgan fingerprint density at radius 2 is 1.78 bits per heavy atom. The molecule has 1 saturated heterocycles. The number of Topliss-reactive ketones (excluding diaryl/α,β-unsaturated/α-hetero) is 1. The number of aromatic nitrogens is 2. The summed E-state index contributed by atoms with van der Waals surface area (Å²) in [5.41, 5.74) is 0.852. The number of nitrogens with zero attached hydrogens (tertiary/aromatic N) is 3. The lowest BCUT2D eigenvalue weighted by molar-refractivity contribution is -0.135. The molecule has 1 aliphatic heterocycles. The van der Waals surface area contributed by atoms with E-state index >= 15 is 0 Å². The molecule has 0 saturated carbocycles. The Balaban J connectivity index is 1.59. The van der Waals surface area contributed by atoms with Crippen LogP contribution in [0.25, 0.3) is 10.9 Å². The SMILES string of the molecule is CC(=O)N1CCN(C(=O)C(=O)c2c[nH]c3c(C(=O)Nc4nc(C)cs4)ccc(F)c23)CC1. The molecular weight excluding hydrogens is 437 g/mol. The summed E-state index contributed by atoms with van der Waals surface area (Å²) < 4.78 is 14.7. The van der Waals surface area contributed by atoms with Crippen molar-refractivity contribution in [1.82, 2.24) is 19.8 Å². The van der Waals surface area contributed by atoms with Gasteiger partial charge in [-0.15, -0.1) is 11.3 Å². The summed E-state index contributed by atoms with van der Waals surface area (Å²) in [6, 6.07) is 2.39. The topological polar surface area (TPSA) is 115 Å². The Bertz CT molecular complexity index is 1240. The summed E-state index contributed by atoms with van der Waals surface area (Å²) in [6.07, 6.45) is 1.24. The first kappa shape index (κ1) is 21.6. The minimum absolute atomic E-state index is 0.0964. The van der Waals surface area contributed by atoms with E-state index in [1.807, 2.05) is 0 Å². The van der Waals surface area contributed by atoms with E-state index < -0.39 is 23.4 Å². The van der Waals surface area contributed by atoms with Crippen molar-refractivity contribution in [2.24, 2.45) is 0 Å². The van der Waals surface area contributed by atoms with Gasteiger partial charge in [0.2, 0.25) is 5.91 Å². The number of anilines is 1. The van der Waals surface area contributed by atoms with Crippen molar-refractivity contribution in [3.63, 3.8) is 0 Å². The lowest BCUT2D eigenvalue weighted by atomic mass is 10.0. The number of fused-ring (bicyclic) bond motifs is 1. The van der Waals surface area contributed by atoms with Crippen LogP contribution in [0.1, 0.15) is 33.3 Å². The summed E-state index contributed by atoms with van der Waals surface area (Å²) in [5, 5.41) is 4.71. The van der Waals surface area contributed by atoms with Gasteiger partial charge in [-0.05, 0) is 19.1 Å². The van der Waals surface area contributed by atoms with E-state index in [1.54, 1.807) is 17.2 Å². The number of ketones is 1. The second kappa shape index (κ2) is 8.50. The summed E-state index contributed by atoms with van der Waals surface area (Å²) in [7, 11) is 0. The number of carbonyl (C=O) groups excluding carboxylic acids is 4. The van der Waals surface area contributed by atoms with Gasteiger partial charge in [-0.1, -0.05) is 0 Å². The fraction of sp³-hybridized carbons (Fsp3) is 0.286. The van der Waals surface area contributed by atoms with Gasteiger partial charge in [0.15, 0.2) is 5.13 Å². The van der Waals surface area contributed by atoms with E-state index in [4.69, 9.17) is 0 Å². The van der Waals surface area contributed by atoms with Crippen molar-refractivity contribution in [3.8, 4) is 0 Å². The Morgan fingerprint density at radius 3 is 2.41 bits per heavy atom. The molecule has 3 aromatic rings. The Hall–Kier alpha value is -3.60. The molecule has 0 bridgehead atoms. The van der Waals surface area contributed by atoms with Crippen molar-refractivity contribution in [3.05, 3.63) is 46.3 Å². The van der Waals surface area contributed by atoms with Gasteiger partial charge in [-0.25, -0.2) is 9.37 Å². The number of aromatic amines is 1. The molecule has 32 heavy (non-hydrogen) atoms. The number of carbonyl (C=O) groups is 4. The molecule has 0 radical (unpaired) electrons. The smallest absolute Gasteiger partial charge is 0.295 e. The van der Waals surface area contributed by atoms with E-state index in [0.717, 1.165) is 11.8 Å². The molecule has 0 spiro atoms. The number of piperazine rings is 1. The second-order valence-electron chi connectivity index (χ2n) is 7.42. The highest BCUT2D eigenvalue weighted by atomic mass is 32.1. The van der Waals surface area contributed by atoms with E-state index in [1.165, 1.54) is 35.4 Å². The van der Waals surface area contributed by atoms with Crippen molar-refractivity contribution in [2.45, 2.75) is 13.8 Å². The second-order valence-corrected chi connectivity index (χ2v) is 8.28. The number of thiazole rings is 1. The number of hydrogen-bond acceptors (Lipinski definition) is 6. The Kier molecular flexibility index (Phi) is 5.74. The average Bonchev–Trinajstić information content (AvgIpc) is 3.40. The zero-order chi connectivity index (χ0) is 23.0. The highest BCUT2D eigenvalue weighted by Crippen LogP contribution is 2.27. The maximum atomic E-state index is 14.7. The summed E-state index contributed by atoms with van der Waals surface area (Å²) in [4.78, 5) is 59.7. The number of nitrogens with one attached hydrogen (secondary N) is 2. The molecule has 2 aromatic heterocycles. The number of hydrogen-bond donors (Lipinski definition) is 2. The van der Waals surface area contributed by atoms with Gasteiger partial charge in [0, 0.05) is 50.1 Å². The molecule has 1 aromatic carbocycles. The lowest BCUT2D eigenvalue weighted by Gasteiger charge is -2.33. The summed E-state index contributed by atoms with van der Waals surface area (Å²) >= 11 is 1.26. The van der Waals surface area contributed by atoms with Gasteiger partial charge in [0.25, 0.3) is 17.6 Å². The fourth-order valence-corrected chi connectivity index (χ4v) is 4.32. The molecule has 2 N–H and O–H groups in total. The van der Waals surface area contributed by atoms with Gasteiger partial charge in [-0.3, -0.25) is 24.5 Å². The predicted molar refractivity (Wildman–Crippen MR) is 116 cm³/mol. The maximum Gasteiger partial charge on any atom is 0.295 e. The van der Waals surface area contributed by atoms with Gasteiger partial charge in [-0.2, -0.15) is 0 Å². The van der Waals surface area contributed by atoms with Crippen molar-refractivity contribution >= 4 is 50.9 Å². The largest absolute Gasteiger partial charge is 0.360 e.